The Morgan fingerprint density at radius 1 is 1.07 bits per heavy atom. The molecule has 0 saturated carbocycles. The zero-order chi connectivity index (χ0) is 10.5. The Balaban J connectivity index is 0. The van der Waals surface area contributed by atoms with Crippen molar-refractivity contribution in [1.29, 1.82) is 0 Å². The lowest BCUT2D eigenvalue weighted by Crippen LogP contribution is -2.30. The average molecular weight is 210 g/mol. The van der Waals surface area contributed by atoms with Crippen LogP contribution in [0.5, 0.6) is 0 Å². The Hall–Kier alpha value is -0.863. The van der Waals surface area contributed by atoms with Crippen molar-refractivity contribution in [2.75, 3.05) is 0 Å². The van der Waals surface area contributed by atoms with Gasteiger partial charge in [0.1, 0.15) is 0 Å². The molecule has 1 nitrogen and oxygen atoms in total. The Labute approximate surface area is 88.9 Å². The van der Waals surface area contributed by atoms with Gasteiger partial charge in [-0.2, -0.15) is 0 Å². The van der Waals surface area contributed by atoms with Crippen LogP contribution in [0.4, 0.5) is 0 Å². The second kappa shape index (κ2) is 6.57. The maximum absolute atomic E-state index is 3.93. The van der Waals surface area contributed by atoms with Crippen LogP contribution >= 0.6 is 0 Å². The Kier molecular flexibility index (Phi) is 7.32. The number of hydrogen-bond donors (Lipinski definition) is 0. The first-order valence-electron chi connectivity index (χ1n) is 4.59. The van der Waals surface area contributed by atoms with Crippen LogP contribution in [0.2, 0.25) is 0 Å². The highest BCUT2D eigenvalue weighted by Crippen LogP contribution is 2.21. The predicted octanol–water partition coefficient (Wildman–Crippen LogP) is 3.07. The lowest BCUT2D eigenvalue weighted by atomic mass is 10.3. The van der Waals surface area contributed by atoms with Crippen molar-refractivity contribution >= 4 is 8.07 Å². The van der Waals surface area contributed by atoms with Crippen molar-refractivity contribution in [3.05, 3.63) is 47.1 Å². The van der Waals surface area contributed by atoms with Crippen LogP contribution < -0.4 is 0 Å². The van der Waals surface area contributed by atoms with E-state index >= 15 is 0 Å². The highest BCUT2D eigenvalue weighted by molar-refractivity contribution is 6.98. The predicted molar refractivity (Wildman–Crippen MR) is 68.6 cm³/mol. The molecule has 0 aromatic heterocycles. The fourth-order valence-corrected chi connectivity index (χ4v) is 4.08. The Morgan fingerprint density at radius 3 is 1.71 bits per heavy atom. The molecule has 0 amide bonds. The molecular formula is C12H22OSi. The van der Waals surface area contributed by atoms with Crippen molar-refractivity contribution < 1.29 is 5.48 Å². The molecule has 0 aliphatic carbocycles. The minimum absolute atomic E-state index is 0. The standard InChI is InChI=1S/C12H20Si.H2O/c1-7-10-13(8-2,9-3)12(6)11(4)5;/h7-10H,2-3H2,1,4-6H3;1H2. The molecule has 0 aliphatic rings. The Bertz CT molecular complexity index is 249. The van der Waals surface area contributed by atoms with Gasteiger partial charge in [-0.05, 0) is 27.7 Å². The van der Waals surface area contributed by atoms with Gasteiger partial charge in [0.25, 0.3) is 0 Å². The molecule has 2 N–H and O–H groups in total. The second-order valence-electron chi connectivity index (χ2n) is 3.47. The number of rotatable bonds is 4. The molecule has 0 saturated heterocycles. The van der Waals surface area contributed by atoms with Crippen molar-refractivity contribution in [3.63, 3.8) is 0 Å². The monoisotopic (exact) mass is 210 g/mol. The zero-order valence-electron chi connectivity index (χ0n) is 9.72. The van der Waals surface area contributed by atoms with E-state index in [0.29, 0.717) is 0 Å². The van der Waals surface area contributed by atoms with Crippen LogP contribution in [-0.4, -0.2) is 13.6 Å². The lowest BCUT2D eigenvalue weighted by molar-refractivity contribution is 0.824. The van der Waals surface area contributed by atoms with Crippen molar-refractivity contribution in [3.8, 4) is 0 Å². The first-order valence-corrected chi connectivity index (χ1v) is 6.83. The fourth-order valence-electron chi connectivity index (χ4n) is 1.36. The van der Waals surface area contributed by atoms with Crippen LogP contribution in [0.15, 0.2) is 47.1 Å². The third kappa shape index (κ3) is 3.12. The molecule has 0 rings (SSSR count). The van der Waals surface area contributed by atoms with Crippen LogP contribution in [0.1, 0.15) is 27.7 Å². The molecule has 0 aliphatic heterocycles. The molecule has 0 fully saturated rings. The summed E-state index contributed by atoms with van der Waals surface area (Å²) in [5, 5.41) is 1.44. The van der Waals surface area contributed by atoms with E-state index < -0.39 is 8.07 Å². The van der Waals surface area contributed by atoms with E-state index in [1.807, 2.05) is 6.92 Å². The topological polar surface area (TPSA) is 31.5 Å². The molecule has 2 heteroatoms. The molecule has 0 spiro atoms. The van der Waals surface area contributed by atoms with Gasteiger partial charge in [0.15, 0.2) is 8.07 Å². The maximum atomic E-state index is 3.93. The minimum atomic E-state index is -1.68. The normalized spacial score (nSPS) is 10.6. The van der Waals surface area contributed by atoms with E-state index in [4.69, 9.17) is 0 Å². The van der Waals surface area contributed by atoms with Crippen molar-refractivity contribution in [2.45, 2.75) is 27.7 Å². The highest BCUT2D eigenvalue weighted by atomic mass is 28.3. The lowest BCUT2D eigenvalue weighted by Gasteiger charge is -2.22. The van der Waals surface area contributed by atoms with Gasteiger partial charge >= 0.3 is 0 Å². The van der Waals surface area contributed by atoms with Gasteiger partial charge in [-0.25, -0.2) is 0 Å². The van der Waals surface area contributed by atoms with Gasteiger partial charge in [0.05, 0.1) is 0 Å². The zero-order valence-corrected chi connectivity index (χ0v) is 10.7. The van der Waals surface area contributed by atoms with Gasteiger partial charge < -0.3 is 5.48 Å². The van der Waals surface area contributed by atoms with Gasteiger partial charge in [-0.1, -0.05) is 33.9 Å². The fraction of sp³-hybridized carbons (Fsp3) is 0.333. The third-order valence-corrected chi connectivity index (χ3v) is 6.55. The quantitative estimate of drug-likeness (QED) is 0.639. The van der Waals surface area contributed by atoms with Crippen molar-refractivity contribution in [1.82, 2.24) is 0 Å². The van der Waals surface area contributed by atoms with Crippen LogP contribution in [0.3, 0.4) is 0 Å². The molecule has 0 atom stereocenters. The smallest absolute Gasteiger partial charge is 0.152 e. The van der Waals surface area contributed by atoms with E-state index in [0.717, 1.165) is 0 Å². The largest absolute Gasteiger partial charge is 0.412 e. The minimum Gasteiger partial charge on any atom is -0.412 e. The van der Waals surface area contributed by atoms with E-state index in [1.54, 1.807) is 0 Å². The molecule has 0 aromatic rings. The second-order valence-corrected chi connectivity index (χ2v) is 7.23. The first kappa shape index (κ1) is 15.6. The number of hydrogen-bond acceptors (Lipinski definition) is 0. The Morgan fingerprint density at radius 2 is 1.50 bits per heavy atom. The first-order chi connectivity index (χ1) is 6.04. The molecule has 0 unspecified atom stereocenters. The molecule has 0 radical (unpaired) electrons. The molecule has 0 aromatic carbocycles. The van der Waals surface area contributed by atoms with Gasteiger partial charge in [-0.3, -0.25) is 0 Å². The van der Waals surface area contributed by atoms with Gasteiger partial charge in [0, 0.05) is 0 Å². The SMILES string of the molecule is C=C[Si](C=C)(C=CC)C(C)=C(C)C.O. The summed E-state index contributed by atoms with van der Waals surface area (Å²) in [4.78, 5) is 0. The number of allylic oxidation sites excluding steroid dienone is 3. The van der Waals surface area contributed by atoms with Crippen LogP contribution in [0.25, 0.3) is 0 Å². The molecular weight excluding hydrogens is 188 g/mol. The van der Waals surface area contributed by atoms with Gasteiger partial charge in [0.2, 0.25) is 0 Å². The molecule has 14 heavy (non-hydrogen) atoms. The molecule has 0 bridgehead atoms. The van der Waals surface area contributed by atoms with E-state index in [-0.39, 0.29) is 5.48 Å². The summed E-state index contributed by atoms with van der Waals surface area (Å²) in [6, 6.07) is 0. The summed E-state index contributed by atoms with van der Waals surface area (Å²) in [5.41, 5.74) is 7.78. The van der Waals surface area contributed by atoms with Crippen molar-refractivity contribution in [2.24, 2.45) is 0 Å². The maximum Gasteiger partial charge on any atom is 0.152 e. The van der Waals surface area contributed by atoms with Crippen LogP contribution in [0, 0.1) is 0 Å². The summed E-state index contributed by atoms with van der Waals surface area (Å²) in [6.07, 6.45) is 2.10. The summed E-state index contributed by atoms with van der Waals surface area (Å²) in [5.74, 6) is 0. The summed E-state index contributed by atoms with van der Waals surface area (Å²) in [7, 11) is -1.68. The average Bonchev–Trinajstić information content (AvgIpc) is 2.13. The summed E-state index contributed by atoms with van der Waals surface area (Å²) >= 11 is 0. The summed E-state index contributed by atoms with van der Waals surface area (Å²) in [6.45, 7) is 16.4. The van der Waals surface area contributed by atoms with E-state index in [9.17, 15) is 0 Å². The van der Waals surface area contributed by atoms with E-state index in [2.05, 4.69) is 57.1 Å². The van der Waals surface area contributed by atoms with Gasteiger partial charge in [-0.15, -0.1) is 13.2 Å². The molecule has 80 valence electrons. The third-order valence-electron chi connectivity index (χ3n) is 2.52. The van der Waals surface area contributed by atoms with Crippen LogP contribution in [-0.2, 0) is 0 Å². The van der Waals surface area contributed by atoms with E-state index in [1.165, 1.54) is 10.8 Å². The molecule has 0 heterocycles. The summed E-state index contributed by atoms with van der Waals surface area (Å²) < 4.78 is 0. The highest BCUT2D eigenvalue weighted by Gasteiger charge is 2.24.